The van der Waals surface area contributed by atoms with Crippen molar-refractivity contribution >= 4 is 17.2 Å². The number of carbonyl (C=O) groups is 1. The van der Waals surface area contributed by atoms with Crippen LogP contribution in [0.15, 0.2) is 11.4 Å². The first-order valence-electron chi connectivity index (χ1n) is 6.79. The fraction of sp³-hybridized carbons (Fsp3) is 0.643. The first-order chi connectivity index (χ1) is 9.10. The SMILES string of the molecule is CC1CC(C)CC(OCc2ccsc2C(=O)NN)C1. The Morgan fingerprint density at radius 1 is 1.42 bits per heavy atom. The largest absolute Gasteiger partial charge is 0.373 e. The molecule has 1 aromatic heterocycles. The van der Waals surface area contributed by atoms with E-state index >= 15 is 0 Å². The lowest BCUT2D eigenvalue weighted by Crippen LogP contribution is -2.30. The van der Waals surface area contributed by atoms with Crippen molar-refractivity contribution in [2.45, 2.75) is 45.8 Å². The highest BCUT2D eigenvalue weighted by atomic mass is 32.1. The predicted molar refractivity (Wildman–Crippen MR) is 76.7 cm³/mol. The van der Waals surface area contributed by atoms with Gasteiger partial charge in [0.05, 0.1) is 17.6 Å². The van der Waals surface area contributed by atoms with Crippen LogP contribution in [0.4, 0.5) is 0 Å². The molecule has 1 aromatic rings. The molecule has 0 spiro atoms. The normalized spacial score (nSPS) is 27.2. The van der Waals surface area contributed by atoms with E-state index in [9.17, 15) is 4.79 Å². The molecule has 5 heteroatoms. The van der Waals surface area contributed by atoms with Crippen molar-refractivity contribution in [1.82, 2.24) is 5.43 Å². The van der Waals surface area contributed by atoms with Crippen molar-refractivity contribution in [2.24, 2.45) is 17.7 Å². The summed E-state index contributed by atoms with van der Waals surface area (Å²) < 4.78 is 5.99. The lowest BCUT2D eigenvalue weighted by molar-refractivity contribution is -0.00924. The summed E-state index contributed by atoms with van der Waals surface area (Å²) >= 11 is 1.40. The zero-order chi connectivity index (χ0) is 13.8. The van der Waals surface area contributed by atoms with Gasteiger partial charge in [-0.2, -0.15) is 0 Å². The summed E-state index contributed by atoms with van der Waals surface area (Å²) in [6.07, 6.45) is 3.84. The Kier molecular flexibility index (Phi) is 4.96. The van der Waals surface area contributed by atoms with Crippen LogP contribution in [-0.4, -0.2) is 12.0 Å². The van der Waals surface area contributed by atoms with Gasteiger partial charge in [0.2, 0.25) is 0 Å². The van der Waals surface area contributed by atoms with E-state index < -0.39 is 0 Å². The monoisotopic (exact) mass is 282 g/mol. The number of amides is 1. The van der Waals surface area contributed by atoms with Crippen LogP contribution < -0.4 is 11.3 Å². The molecule has 1 aliphatic rings. The second-order valence-corrected chi connectivity index (χ2v) is 6.52. The summed E-state index contributed by atoms with van der Waals surface area (Å²) in [5.41, 5.74) is 3.11. The number of hydrazine groups is 1. The molecule has 2 atom stereocenters. The summed E-state index contributed by atoms with van der Waals surface area (Å²) in [4.78, 5) is 12.2. The van der Waals surface area contributed by atoms with E-state index in [-0.39, 0.29) is 5.91 Å². The van der Waals surface area contributed by atoms with Crippen LogP contribution >= 0.6 is 11.3 Å². The van der Waals surface area contributed by atoms with Gasteiger partial charge in [-0.05, 0) is 42.5 Å². The lowest BCUT2D eigenvalue weighted by atomic mass is 9.82. The Bertz CT molecular complexity index is 423. The number of nitrogen functional groups attached to an aromatic ring is 1. The maximum absolute atomic E-state index is 11.6. The summed E-state index contributed by atoms with van der Waals surface area (Å²) in [6, 6.07) is 1.94. The van der Waals surface area contributed by atoms with Gasteiger partial charge in [0, 0.05) is 5.56 Å². The van der Waals surface area contributed by atoms with Crippen LogP contribution in [0.5, 0.6) is 0 Å². The van der Waals surface area contributed by atoms with Crippen molar-refractivity contribution in [3.8, 4) is 0 Å². The van der Waals surface area contributed by atoms with Crippen molar-refractivity contribution in [3.05, 3.63) is 21.9 Å². The molecule has 0 aliphatic heterocycles. The number of carbonyl (C=O) groups excluding carboxylic acids is 1. The van der Waals surface area contributed by atoms with Crippen molar-refractivity contribution < 1.29 is 9.53 Å². The summed E-state index contributed by atoms with van der Waals surface area (Å²) in [5.74, 6) is 6.39. The smallest absolute Gasteiger partial charge is 0.275 e. The molecule has 1 heterocycles. The van der Waals surface area contributed by atoms with Crippen molar-refractivity contribution in [3.63, 3.8) is 0 Å². The highest BCUT2D eigenvalue weighted by Gasteiger charge is 2.25. The molecule has 0 saturated heterocycles. The van der Waals surface area contributed by atoms with Crippen molar-refractivity contribution in [2.75, 3.05) is 0 Å². The van der Waals surface area contributed by atoms with E-state index in [4.69, 9.17) is 10.6 Å². The molecule has 19 heavy (non-hydrogen) atoms. The minimum Gasteiger partial charge on any atom is -0.373 e. The van der Waals surface area contributed by atoms with E-state index in [1.807, 2.05) is 11.4 Å². The standard InChI is InChI=1S/C14H22N2O2S/c1-9-5-10(2)7-12(6-9)18-8-11-3-4-19-13(11)14(17)16-15/h3-4,9-10,12H,5-8,15H2,1-2H3,(H,16,17). The summed E-state index contributed by atoms with van der Waals surface area (Å²) in [7, 11) is 0. The minimum absolute atomic E-state index is 0.237. The molecule has 1 fully saturated rings. The van der Waals surface area contributed by atoms with E-state index in [2.05, 4.69) is 19.3 Å². The van der Waals surface area contributed by atoms with Gasteiger partial charge >= 0.3 is 0 Å². The number of thiophene rings is 1. The highest BCUT2D eigenvalue weighted by Crippen LogP contribution is 2.31. The molecule has 1 saturated carbocycles. The number of ether oxygens (including phenoxy) is 1. The van der Waals surface area contributed by atoms with Crippen LogP contribution in [0, 0.1) is 11.8 Å². The second-order valence-electron chi connectivity index (χ2n) is 5.60. The van der Waals surface area contributed by atoms with Crippen LogP contribution in [0.25, 0.3) is 0 Å². The maximum atomic E-state index is 11.6. The van der Waals surface area contributed by atoms with E-state index in [1.54, 1.807) is 0 Å². The molecule has 0 radical (unpaired) electrons. The lowest BCUT2D eigenvalue weighted by Gasteiger charge is -2.31. The third kappa shape index (κ3) is 3.78. The third-order valence-corrected chi connectivity index (χ3v) is 4.65. The number of nitrogens with one attached hydrogen (secondary N) is 1. The zero-order valence-electron chi connectivity index (χ0n) is 11.5. The Morgan fingerprint density at radius 2 is 2.11 bits per heavy atom. The van der Waals surface area contributed by atoms with Crippen LogP contribution in [-0.2, 0) is 11.3 Å². The molecular formula is C14H22N2O2S. The topological polar surface area (TPSA) is 64.3 Å². The molecule has 0 bridgehead atoms. The molecule has 106 valence electrons. The molecule has 0 aromatic carbocycles. The van der Waals surface area contributed by atoms with E-state index in [0.29, 0.717) is 17.6 Å². The van der Waals surface area contributed by atoms with Crippen LogP contribution in [0.1, 0.15) is 48.3 Å². The molecular weight excluding hydrogens is 260 g/mol. The quantitative estimate of drug-likeness (QED) is 0.507. The van der Waals surface area contributed by atoms with Gasteiger partial charge in [-0.25, -0.2) is 5.84 Å². The van der Waals surface area contributed by atoms with E-state index in [0.717, 1.165) is 30.2 Å². The summed E-state index contributed by atoms with van der Waals surface area (Å²) in [6.45, 7) is 5.06. The third-order valence-electron chi connectivity index (χ3n) is 3.69. The molecule has 3 N–H and O–H groups in total. The summed E-state index contributed by atoms with van der Waals surface area (Å²) in [5, 5.41) is 1.90. The second kappa shape index (κ2) is 6.50. The van der Waals surface area contributed by atoms with Crippen LogP contribution in [0.3, 0.4) is 0 Å². The first kappa shape index (κ1) is 14.5. The maximum Gasteiger partial charge on any atom is 0.275 e. The fourth-order valence-corrected chi connectivity index (χ4v) is 3.74. The minimum atomic E-state index is -0.237. The fourth-order valence-electron chi connectivity index (χ4n) is 2.93. The van der Waals surface area contributed by atoms with Gasteiger partial charge in [-0.3, -0.25) is 10.2 Å². The van der Waals surface area contributed by atoms with Gasteiger partial charge in [0.1, 0.15) is 0 Å². The molecule has 4 nitrogen and oxygen atoms in total. The first-order valence-corrected chi connectivity index (χ1v) is 7.67. The van der Waals surface area contributed by atoms with Crippen molar-refractivity contribution in [1.29, 1.82) is 0 Å². The van der Waals surface area contributed by atoms with E-state index in [1.165, 1.54) is 17.8 Å². The average molecular weight is 282 g/mol. The molecule has 1 aliphatic carbocycles. The molecule has 1 amide bonds. The molecule has 2 rings (SSSR count). The Morgan fingerprint density at radius 3 is 2.74 bits per heavy atom. The van der Waals surface area contributed by atoms with Gasteiger partial charge < -0.3 is 4.74 Å². The Labute approximate surface area is 118 Å². The van der Waals surface area contributed by atoms with Crippen LogP contribution in [0.2, 0.25) is 0 Å². The number of hydrogen-bond donors (Lipinski definition) is 2. The highest BCUT2D eigenvalue weighted by molar-refractivity contribution is 7.12. The predicted octanol–water partition coefficient (Wildman–Crippen LogP) is 2.69. The van der Waals surface area contributed by atoms with Gasteiger partial charge in [-0.1, -0.05) is 13.8 Å². The van der Waals surface area contributed by atoms with Gasteiger partial charge in [-0.15, -0.1) is 11.3 Å². The number of rotatable bonds is 4. The van der Waals surface area contributed by atoms with Gasteiger partial charge in [0.25, 0.3) is 5.91 Å². The Hall–Kier alpha value is -0.910. The molecule has 2 unspecified atom stereocenters. The average Bonchev–Trinajstić information content (AvgIpc) is 2.82. The Balaban J connectivity index is 1.92. The number of nitrogens with two attached hydrogens (primary N) is 1. The zero-order valence-corrected chi connectivity index (χ0v) is 12.3. The number of hydrogen-bond acceptors (Lipinski definition) is 4. The van der Waals surface area contributed by atoms with Gasteiger partial charge in [0.15, 0.2) is 0 Å².